The van der Waals surface area contributed by atoms with E-state index in [-0.39, 0.29) is 16.7 Å². The van der Waals surface area contributed by atoms with Gasteiger partial charge in [0.1, 0.15) is 11.4 Å². The molecule has 1 aliphatic carbocycles. The first-order valence-electron chi connectivity index (χ1n) is 6.54. The Morgan fingerprint density at radius 3 is 2.37 bits per heavy atom. The molecule has 0 fully saturated rings. The number of amidine groups is 2. The predicted octanol–water partition coefficient (Wildman–Crippen LogP) is 1.94. The van der Waals surface area contributed by atoms with Crippen molar-refractivity contribution in [2.24, 2.45) is 16.1 Å². The summed E-state index contributed by atoms with van der Waals surface area (Å²) in [5.74, 6) is 0.728. The highest BCUT2D eigenvalue weighted by Crippen LogP contribution is 2.57. The van der Waals surface area contributed by atoms with Crippen molar-refractivity contribution in [2.75, 3.05) is 0 Å². The van der Waals surface area contributed by atoms with Crippen LogP contribution in [0, 0.1) is 10.8 Å². The Kier molecular flexibility index (Phi) is 2.07. The fourth-order valence-electron chi connectivity index (χ4n) is 2.97. The van der Waals surface area contributed by atoms with E-state index in [0.717, 1.165) is 11.4 Å². The Balaban J connectivity index is 2.31. The van der Waals surface area contributed by atoms with E-state index in [1.54, 1.807) is 0 Å². The average Bonchev–Trinajstić information content (AvgIpc) is 2.67. The number of aromatic nitrogens is 2. The number of aliphatic imine (C=N–C) groups is 1. The predicted molar refractivity (Wildman–Crippen MR) is 74.8 cm³/mol. The van der Waals surface area contributed by atoms with Crippen LogP contribution in [0.1, 0.15) is 63.3 Å². The Hall–Kier alpha value is -1.78. The summed E-state index contributed by atoms with van der Waals surface area (Å²) in [5.41, 5.74) is 8.90. The van der Waals surface area contributed by atoms with E-state index in [9.17, 15) is 0 Å². The highest BCUT2D eigenvalue weighted by molar-refractivity contribution is 6.18. The Morgan fingerprint density at radius 1 is 1.11 bits per heavy atom. The van der Waals surface area contributed by atoms with Crippen LogP contribution in [0.3, 0.4) is 0 Å². The summed E-state index contributed by atoms with van der Waals surface area (Å²) in [5, 5.41) is 7.82. The van der Waals surface area contributed by atoms with Crippen molar-refractivity contribution in [3.63, 3.8) is 0 Å². The van der Waals surface area contributed by atoms with Crippen LogP contribution < -0.4 is 5.73 Å². The van der Waals surface area contributed by atoms with Crippen molar-refractivity contribution in [2.45, 2.75) is 46.0 Å². The van der Waals surface area contributed by atoms with Crippen molar-refractivity contribution in [3.05, 3.63) is 22.8 Å². The number of hydrogen-bond donors (Lipinski definition) is 2. The Bertz CT molecular complexity index is 639. The maximum atomic E-state index is 7.82. The van der Waals surface area contributed by atoms with Crippen LogP contribution in [0.5, 0.6) is 0 Å². The number of hydrogen-bond acceptors (Lipinski definition) is 4. The van der Waals surface area contributed by atoms with Gasteiger partial charge in [-0.05, 0) is 5.41 Å². The van der Waals surface area contributed by atoms with Gasteiger partial charge in [0.25, 0.3) is 0 Å². The van der Waals surface area contributed by atoms with Crippen LogP contribution >= 0.6 is 0 Å². The molecule has 2 heterocycles. The molecule has 0 amide bonds. The molecule has 0 bridgehead atoms. The van der Waals surface area contributed by atoms with Crippen LogP contribution in [-0.4, -0.2) is 21.6 Å². The summed E-state index contributed by atoms with van der Waals surface area (Å²) < 4.78 is 0. The van der Waals surface area contributed by atoms with Crippen molar-refractivity contribution >= 4 is 11.7 Å². The fraction of sp³-hybridized carbons (Fsp3) is 0.571. The molecule has 100 valence electrons. The smallest absolute Gasteiger partial charge is 0.175 e. The normalized spacial score (nSPS) is 26.1. The van der Waals surface area contributed by atoms with Gasteiger partial charge in [-0.1, -0.05) is 34.6 Å². The van der Waals surface area contributed by atoms with Gasteiger partial charge in [-0.15, -0.1) is 0 Å². The molecule has 0 saturated carbocycles. The number of nitrogens with zero attached hydrogens (tertiary/aromatic N) is 3. The molecule has 1 unspecified atom stereocenters. The van der Waals surface area contributed by atoms with Gasteiger partial charge in [-0.3, -0.25) is 5.41 Å². The highest BCUT2D eigenvalue weighted by atomic mass is 15.0. The van der Waals surface area contributed by atoms with Crippen LogP contribution in [0.25, 0.3) is 0 Å². The zero-order valence-corrected chi connectivity index (χ0v) is 12.0. The summed E-state index contributed by atoms with van der Waals surface area (Å²) in [6.45, 7) is 11.1. The second kappa shape index (κ2) is 3.21. The third-order valence-electron chi connectivity index (χ3n) is 5.32. The quantitative estimate of drug-likeness (QED) is 0.744. The second-order valence-electron chi connectivity index (χ2n) is 6.57. The summed E-state index contributed by atoms with van der Waals surface area (Å²) in [6, 6.07) is 0. The van der Waals surface area contributed by atoms with E-state index in [1.165, 1.54) is 0 Å². The number of fused-ring (bicyclic) bond motifs is 2. The minimum absolute atomic E-state index is 0.0680. The molecule has 1 atom stereocenters. The summed E-state index contributed by atoms with van der Waals surface area (Å²) >= 11 is 0. The molecule has 1 aromatic heterocycles. The van der Waals surface area contributed by atoms with Crippen LogP contribution in [0.15, 0.2) is 4.99 Å². The van der Waals surface area contributed by atoms with Gasteiger partial charge in [0, 0.05) is 11.3 Å². The molecule has 19 heavy (non-hydrogen) atoms. The number of nitrogens with one attached hydrogen (secondary N) is 1. The molecule has 5 heteroatoms. The molecule has 3 rings (SSSR count). The molecule has 0 radical (unpaired) electrons. The first kappa shape index (κ1) is 12.3. The van der Waals surface area contributed by atoms with E-state index in [4.69, 9.17) is 16.1 Å². The third kappa shape index (κ3) is 1.25. The van der Waals surface area contributed by atoms with E-state index in [0.29, 0.717) is 23.1 Å². The van der Waals surface area contributed by atoms with Gasteiger partial charge >= 0.3 is 0 Å². The van der Waals surface area contributed by atoms with E-state index >= 15 is 0 Å². The molecule has 0 saturated heterocycles. The first-order valence-corrected chi connectivity index (χ1v) is 6.54. The van der Waals surface area contributed by atoms with Gasteiger partial charge in [0.2, 0.25) is 0 Å². The maximum Gasteiger partial charge on any atom is 0.175 e. The van der Waals surface area contributed by atoms with Crippen LogP contribution in [0.4, 0.5) is 0 Å². The minimum atomic E-state index is -0.0746. The monoisotopic (exact) mass is 257 g/mol. The zero-order valence-electron chi connectivity index (χ0n) is 12.0. The lowest BCUT2D eigenvalue weighted by molar-refractivity contribution is 0.187. The van der Waals surface area contributed by atoms with Gasteiger partial charge in [0.15, 0.2) is 11.7 Å². The summed E-state index contributed by atoms with van der Waals surface area (Å²) in [4.78, 5) is 13.3. The van der Waals surface area contributed by atoms with Gasteiger partial charge < -0.3 is 5.73 Å². The molecule has 3 N–H and O–H groups in total. The number of nitrogens with two attached hydrogens (primary N) is 1. The SMILES string of the molecule is CC1c2nc3c(nc2C(C)(C)C1(C)C)C(N)=NC3=N. The lowest BCUT2D eigenvalue weighted by atomic mass is 9.66. The van der Waals surface area contributed by atoms with E-state index < -0.39 is 0 Å². The van der Waals surface area contributed by atoms with Crippen molar-refractivity contribution in [1.29, 1.82) is 5.41 Å². The third-order valence-corrected chi connectivity index (χ3v) is 5.32. The fourth-order valence-corrected chi connectivity index (χ4v) is 2.97. The van der Waals surface area contributed by atoms with Crippen molar-refractivity contribution in [3.8, 4) is 0 Å². The molecular formula is C14H19N5. The standard InChI is InChI=1S/C14H19N5/c1-6-7-10(14(4,5)13(6,2)3)18-9-8(17-7)11(15)19-12(9)16/h6H,1-5H3,(H3,15,16,19). The van der Waals surface area contributed by atoms with Gasteiger partial charge in [-0.25, -0.2) is 15.0 Å². The molecule has 1 aromatic rings. The van der Waals surface area contributed by atoms with Gasteiger partial charge in [0.05, 0.1) is 11.4 Å². The van der Waals surface area contributed by atoms with Crippen LogP contribution in [-0.2, 0) is 5.41 Å². The molecule has 0 spiro atoms. The van der Waals surface area contributed by atoms with Crippen LogP contribution in [0.2, 0.25) is 0 Å². The molecule has 2 aliphatic rings. The first-order chi connectivity index (χ1) is 8.68. The van der Waals surface area contributed by atoms with Crippen molar-refractivity contribution < 1.29 is 0 Å². The van der Waals surface area contributed by atoms with E-state index in [1.807, 2.05) is 0 Å². The highest BCUT2D eigenvalue weighted by Gasteiger charge is 2.53. The maximum absolute atomic E-state index is 7.82. The molecule has 1 aliphatic heterocycles. The van der Waals surface area contributed by atoms with E-state index in [2.05, 4.69) is 44.6 Å². The molecular weight excluding hydrogens is 238 g/mol. The largest absolute Gasteiger partial charge is 0.382 e. The molecule has 5 nitrogen and oxygen atoms in total. The zero-order chi connectivity index (χ0) is 14.2. The molecule has 0 aromatic carbocycles. The lowest BCUT2D eigenvalue weighted by Gasteiger charge is -2.37. The number of rotatable bonds is 0. The second-order valence-corrected chi connectivity index (χ2v) is 6.57. The minimum Gasteiger partial charge on any atom is -0.382 e. The lowest BCUT2D eigenvalue weighted by Crippen LogP contribution is -2.34. The summed E-state index contributed by atoms with van der Waals surface area (Å²) in [6.07, 6.45) is 0. The summed E-state index contributed by atoms with van der Waals surface area (Å²) in [7, 11) is 0. The van der Waals surface area contributed by atoms with Crippen molar-refractivity contribution in [1.82, 2.24) is 9.97 Å². The van der Waals surface area contributed by atoms with Gasteiger partial charge in [-0.2, -0.15) is 0 Å². The Labute approximate surface area is 112 Å². The average molecular weight is 257 g/mol. The Morgan fingerprint density at radius 2 is 1.74 bits per heavy atom. The topological polar surface area (TPSA) is 88.0 Å².